The number of rotatable bonds is 5. The molecule has 0 bridgehead atoms. The maximum Gasteiger partial charge on any atom is 0.387 e. The molecular formula is C17H20F2N4O3. The molecule has 1 aliphatic rings. The first-order valence-electron chi connectivity index (χ1n) is 8.30. The van der Waals surface area contributed by atoms with E-state index in [0.717, 1.165) is 23.6 Å². The Hall–Kier alpha value is -2.71. The molecule has 0 radical (unpaired) electrons. The second-order valence-corrected chi connectivity index (χ2v) is 6.54. The number of nitro groups is 1. The third-order valence-corrected chi connectivity index (χ3v) is 4.53. The Labute approximate surface area is 149 Å². The Kier molecular flexibility index (Phi) is 4.80. The number of aromatic nitrogens is 2. The zero-order valence-corrected chi connectivity index (χ0v) is 14.8. The maximum atomic E-state index is 12.6. The molecule has 7 nitrogen and oxygen atoms in total. The third kappa shape index (κ3) is 3.33. The molecule has 0 fully saturated rings. The van der Waals surface area contributed by atoms with Gasteiger partial charge >= 0.3 is 12.3 Å². The molecule has 3 rings (SSSR count). The smallest absolute Gasteiger partial charge is 0.387 e. The highest BCUT2D eigenvalue weighted by Gasteiger charge is 2.26. The van der Waals surface area contributed by atoms with Gasteiger partial charge in [-0.2, -0.15) is 8.78 Å². The van der Waals surface area contributed by atoms with Crippen molar-refractivity contribution < 1.29 is 18.4 Å². The fourth-order valence-corrected chi connectivity index (χ4v) is 3.33. The van der Waals surface area contributed by atoms with E-state index in [1.165, 1.54) is 12.1 Å². The van der Waals surface area contributed by atoms with Crippen molar-refractivity contribution in [3.05, 3.63) is 45.5 Å². The number of hydrogen-bond acceptors (Lipinski definition) is 5. The normalized spacial score (nSPS) is 14.0. The molecule has 0 atom stereocenters. The van der Waals surface area contributed by atoms with Gasteiger partial charge in [0.15, 0.2) is 0 Å². The SMILES string of the molecule is CC(C)c1nc2c(n1C)CCN(c1ccc([N+](=O)[O-])c(OC(F)F)c1)C2. The van der Waals surface area contributed by atoms with Crippen LogP contribution in [0.2, 0.25) is 0 Å². The predicted octanol–water partition coefficient (Wildman–Crippen LogP) is 3.62. The maximum absolute atomic E-state index is 12.6. The van der Waals surface area contributed by atoms with Crippen LogP contribution in [0.25, 0.3) is 0 Å². The van der Waals surface area contributed by atoms with Crippen LogP contribution in [-0.4, -0.2) is 27.6 Å². The summed E-state index contributed by atoms with van der Waals surface area (Å²) in [6.45, 7) is 2.21. The molecule has 0 saturated carbocycles. The van der Waals surface area contributed by atoms with E-state index in [2.05, 4.69) is 23.2 Å². The van der Waals surface area contributed by atoms with E-state index in [9.17, 15) is 18.9 Å². The summed E-state index contributed by atoms with van der Waals surface area (Å²) in [6, 6.07) is 4.04. The Balaban J connectivity index is 1.91. The number of anilines is 1. The van der Waals surface area contributed by atoms with E-state index in [4.69, 9.17) is 4.98 Å². The first-order chi connectivity index (χ1) is 12.3. The van der Waals surface area contributed by atoms with Gasteiger partial charge in [0.1, 0.15) is 5.82 Å². The van der Waals surface area contributed by atoms with Crippen molar-refractivity contribution in [2.45, 2.75) is 39.3 Å². The third-order valence-electron chi connectivity index (χ3n) is 4.53. The summed E-state index contributed by atoms with van der Waals surface area (Å²) in [4.78, 5) is 16.9. The van der Waals surface area contributed by atoms with Crippen LogP contribution in [0.1, 0.15) is 37.0 Å². The average molecular weight is 366 g/mol. The van der Waals surface area contributed by atoms with Crippen LogP contribution in [0.15, 0.2) is 18.2 Å². The van der Waals surface area contributed by atoms with Gasteiger partial charge in [0.25, 0.3) is 0 Å². The number of ether oxygens (including phenoxy) is 1. The molecule has 1 aromatic carbocycles. The minimum absolute atomic E-state index is 0.296. The topological polar surface area (TPSA) is 73.4 Å². The quantitative estimate of drug-likeness (QED) is 0.597. The van der Waals surface area contributed by atoms with Gasteiger partial charge in [-0.05, 0) is 6.07 Å². The summed E-state index contributed by atoms with van der Waals surface area (Å²) < 4.78 is 31.6. The Bertz CT molecular complexity index is 836. The standard InChI is InChI=1S/C17H20F2N4O3/c1-10(2)16-20-12-9-22(7-6-13(12)21(16)3)11-4-5-14(23(24)25)15(8-11)26-17(18)19/h4-5,8,10,17H,6-7,9H2,1-3H3. The second kappa shape index (κ2) is 6.89. The number of nitro benzene ring substituents is 1. The lowest BCUT2D eigenvalue weighted by Gasteiger charge is -2.29. The highest BCUT2D eigenvalue weighted by Crippen LogP contribution is 2.34. The number of alkyl halides is 2. The van der Waals surface area contributed by atoms with Gasteiger partial charge in [0, 0.05) is 49.4 Å². The van der Waals surface area contributed by atoms with Crippen LogP contribution in [0.3, 0.4) is 0 Å². The van der Waals surface area contributed by atoms with Gasteiger partial charge in [-0.1, -0.05) is 13.8 Å². The fourth-order valence-electron chi connectivity index (χ4n) is 3.33. The molecule has 0 unspecified atom stereocenters. The molecule has 26 heavy (non-hydrogen) atoms. The van der Waals surface area contributed by atoms with Crippen LogP contribution in [0.5, 0.6) is 5.75 Å². The van der Waals surface area contributed by atoms with Crippen molar-refractivity contribution >= 4 is 11.4 Å². The van der Waals surface area contributed by atoms with Gasteiger partial charge < -0.3 is 14.2 Å². The van der Waals surface area contributed by atoms with Crippen molar-refractivity contribution in [3.8, 4) is 5.75 Å². The molecule has 2 heterocycles. The molecule has 9 heteroatoms. The summed E-state index contributed by atoms with van der Waals surface area (Å²) >= 11 is 0. The molecule has 1 aromatic heterocycles. The lowest BCUT2D eigenvalue weighted by Crippen LogP contribution is -2.31. The molecule has 0 N–H and O–H groups in total. The van der Waals surface area contributed by atoms with Gasteiger partial charge in [0.05, 0.1) is 17.2 Å². The zero-order valence-electron chi connectivity index (χ0n) is 14.8. The van der Waals surface area contributed by atoms with Crippen molar-refractivity contribution in [1.29, 1.82) is 0 Å². The zero-order chi connectivity index (χ0) is 19.0. The first-order valence-corrected chi connectivity index (χ1v) is 8.30. The minimum Gasteiger partial charge on any atom is -0.427 e. The van der Waals surface area contributed by atoms with Crippen molar-refractivity contribution in [1.82, 2.24) is 9.55 Å². The highest BCUT2D eigenvalue weighted by molar-refractivity contribution is 5.60. The molecule has 0 saturated heterocycles. The number of imidazole rings is 1. The molecule has 0 aliphatic carbocycles. The summed E-state index contributed by atoms with van der Waals surface area (Å²) in [5.74, 6) is 0.865. The number of hydrogen-bond donors (Lipinski definition) is 0. The van der Waals surface area contributed by atoms with E-state index in [0.29, 0.717) is 24.7 Å². The van der Waals surface area contributed by atoms with Crippen molar-refractivity contribution in [2.75, 3.05) is 11.4 Å². The number of nitrogens with zero attached hydrogens (tertiary/aromatic N) is 4. The number of halogens is 2. The minimum atomic E-state index is -3.12. The monoisotopic (exact) mass is 366 g/mol. The van der Waals surface area contributed by atoms with Gasteiger partial charge in [-0.25, -0.2) is 4.98 Å². The van der Waals surface area contributed by atoms with Crippen LogP contribution in [0, 0.1) is 10.1 Å². The summed E-state index contributed by atoms with van der Waals surface area (Å²) in [7, 11) is 2.00. The average Bonchev–Trinajstić information content (AvgIpc) is 2.90. The van der Waals surface area contributed by atoms with Gasteiger partial charge in [-0.15, -0.1) is 0 Å². The Morgan fingerprint density at radius 3 is 2.69 bits per heavy atom. The summed E-state index contributed by atoms with van der Waals surface area (Å²) in [5, 5.41) is 11.0. The second-order valence-electron chi connectivity index (χ2n) is 6.54. The Morgan fingerprint density at radius 2 is 2.08 bits per heavy atom. The summed E-state index contributed by atoms with van der Waals surface area (Å²) in [6.07, 6.45) is 0.758. The van der Waals surface area contributed by atoms with Gasteiger partial charge in [-0.3, -0.25) is 10.1 Å². The van der Waals surface area contributed by atoms with Crippen LogP contribution in [-0.2, 0) is 20.0 Å². The van der Waals surface area contributed by atoms with E-state index < -0.39 is 23.0 Å². The van der Waals surface area contributed by atoms with Crippen LogP contribution in [0.4, 0.5) is 20.2 Å². The van der Waals surface area contributed by atoms with E-state index in [-0.39, 0.29) is 0 Å². The van der Waals surface area contributed by atoms with E-state index >= 15 is 0 Å². The number of fused-ring (bicyclic) bond motifs is 1. The van der Waals surface area contributed by atoms with Crippen LogP contribution >= 0.6 is 0 Å². The van der Waals surface area contributed by atoms with Crippen LogP contribution < -0.4 is 9.64 Å². The largest absolute Gasteiger partial charge is 0.427 e. The van der Waals surface area contributed by atoms with E-state index in [1.807, 2.05) is 11.9 Å². The van der Waals surface area contributed by atoms with Crippen molar-refractivity contribution in [3.63, 3.8) is 0 Å². The molecular weight excluding hydrogens is 346 g/mol. The molecule has 140 valence electrons. The lowest BCUT2D eigenvalue weighted by atomic mass is 10.1. The molecule has 2 aromatic rings. The van der Waals surface area contributed by atoms with E-state index in [1.54, 1.807) is 6.07 Å². The molecule has 0 amide bonds. The lowest BCUT2D eigenvalue weighted by molar-refractivity contribution is -0.386. The molecule has 0 spiro atoms. The predicted molar refractivity (Wildman–Crippen MR) is 91.8 cm³/mol. The van der Waals surface area contributed by atoms with Gasteiger partial charge in [0.2, 0.25) is 5.75 Å². The fraction of sp³-hybridized carbons (Fsp3) is 0.471. The molecule has 1 aliphatic heterocycles. The van der Waals surface area contributed by atoms with Crippen molar-refractivity contribution in [2.24, 2.45) is 7.05 Å². The highest BCUT2D eigenvalue weighted by atomic mass is 19.3. The number of benzene rings is 1. The Morgan fingerprint density at radius 1 is 1.35 bits per heavy atom. The summed E-state index contributed by atoms with van der Waals surface area (Å²) in [5.41, 5.74) is 2.22. The first kappa shape index (κ1) is 18.1.